The summed E-state index contributed by atoms with van der Waals surface area (Å²) in [6.45, 7) is -0.526. The van der Waals surface area contributed by atoms with E-state index in [0.29, 0.717) is 0 Å². The van der Waals surface area contributed by atoms with Crippen LogP contribution in [0.3, 0.4) is 0 Å². The van der Waals surface area contributed by atoms with Crippen molar-refractivity contribution in [1.29, 1.82) is 0 Å². The molecular formula is C6H24O12. The van der Waals surface area contributed by atoms with Crippen molar-refractivity contribution in [2.24, 2.45) is 0 Å². The molecule has 0 saturated carbocycles. The largest absolute Gasteiger partial charge is 0.412 e. The quantitative estimate of drug-likeness (QED) is 0.311. The first kappa shape index (κ1) is 36.0. The summed E-state index contributed by atoms with van der Waals surface area (Å²) < 4.78 is 4.58. The van der Waals surface area contributed by atoms with Crippen LogP contribution < -0.4 is 0 Å². The average Bonchev–Trinajstić information content (AvgIpc) is 2.08. The highest BCUT2D eigenvalue weighted by Crippen LogP contribution is 2.18. The van der Waals surface area contributed by atoms with Gasteiger partial charge in [0.25, 0.3) is 0 Å². The standard InChI is InChI=1S/C6H12O6.6H2O/c7-1-2-3(8)4(9)5(10)6(11)12-2;;;;;;/h2-11H,1H2;6*1H2/t2-,3-,4+,5-,6+;;;;;;/m1....../s1. The summed E-state index contributed by atoms with van der Waals surface area (Å²) in [6.07, 6.45) is -7.04. The van der Waals surface area contributed by atoms with Crippen molar-refractivity contribution >= 4 is 0 Å². The lowest BCUT2D eigenvalue weighted by molar-refractivity contribution is -0.286. The van der Waals surface area contributed by atoms with Gasteiger partial charge in [0.2, 0.25) is 0 Å². The summed E-state index contributed by atoms with van der Waals surface area (Å²) in [5.74, 6) is 0. The molecule has 0 bridgehead atoms. The van der Waals surface area contributed by atoms with Gasteiger partial charge in [0, 0.05) is 0 Å². The van der Waals surface area contributed by atoms with Crippen LogP contribution in [0.25, 0.3) is 0 Å². The van der Waals surface area contributed by atoms with Gasteiger partial charge in [-0.2, -0.15) is 0 Å². The highest BCUT2D eigenvalue weighted by atomic mass is 16.6. The van der Waals surface area contributed by atoms with Crippen molar-refractivity contribution in [1.82, 2.24) is 0 Å². The van der Waals surface area contributed by atoms with Crippen LogP contribution in [0.4, 0.5) is 0 Å². The normalized spacial score (nSPS) is 32.8. The maximum atomic E-state index is 9.12. The van der Waals surface area contributed by atoms with E-state index in [2.05, 4.69) is 4.74 Å². The van der Waals surface area contributed by atoms with Crippen LogP contribution in [-0.4, -0.2) is 95.7 Å². The Labute approximate surface area is 102 Å². The van der Waals surface area contributed by atoms with Gasteiger partial charge in [0.15, 0.2) is 6.29 Å². The lowest BCUT2D eigenvalue weighted by Gasteiger charge is -2.37. The second-order valence-corrected chi connectivity index (χ2v) is 2.72. The first-order valence-corrected chi connectivity index (χ1v) is 3.56. The first-order valence-electron chi connectivity index (χ1n) is 3.56. The van der Waals surface area contributed by atoms with E-state index in [1.54, 1.807) is 0 Å². The Morgan fingerprint density at radius 3 is 1.39 bits per heavy atom. The van der Waals surface area contributed by atoms with Gasteiger partial charge < -0.3 is 63.1 Å². The van der Waals surface area contributed by atoms with Crippen LogP contribution in [0.5, 0.6) is 0 Å². The number of hydrogen-bond donors (Lipinski definition) is 5. The molecule has 1 rings (SSSR count). The molecule has 5 atom stereocenters. The Balaban J connectivity index is -0.0000000600. The minimum Gasteiger partial charge on any atom is -0.412 e. The smallest absolute Gasteiger partial charge is 0.184 e. The van der Waals surface area contributed by atoms with Crippen molar-refractivity contribution in [3.8, 4) is 0 Å². The summed E-state index contributed by atoms with van der Waals surface area (Å²) >= 11 is 0. The van der Waals surface area contributed by atoms with E-state index < -0.39 is 37.3 Å². The van der Waals surface area contributed by atoms with Crippen LogP contribution in [0.15, 0.2) is 0 Å². The Hall–Kier alpha value is -0.480. The molecule has 17 N–H and O–H groups in total. The topological polar surface area (TPSA) is 299 Å². The second kappa shape index (κ2) is 14.6. The third-order valence-electron chi connectivity index (χ3n) is 1.87. The highest BCUT2D eigenvalue weighted by Gasteiger charge is 2.42. The third kappa shape index (κ3) is 7.07. The molecule has 12 heteroatoms. The molecule has 1 fully saturated rings. The highest BCUT2D eigenvalue weighted by molar-refractivity contribution is 4.87. The SMILES string of the molecule is O.O.O.O.O.O.OC[C@H]1O[C@H](O)[C@H](O)[C@@H](O)[C@@H]1O. The average molecular weight is 288 g/mol. The summed E-state index contributed by atoms with van der Waals surface area (Å²) in [4.78, 5) is 0. The molecule has 120 valence electrons. The zero-order chi connectivity index (χ0) is 9.30. The van der Waals surface area contributed by atoms with E-state index in [-0.39, 0.29) is 32.9 Å². The maximum Gasteiger partial charge on any atom is 0.184 e. The van der Waals surface area contributed by atoms with Gasteiger partial charge >= 0.3 is 0 Å². The van der Waals surface area contributed by atoms with Gasteiger partial charge in [-0.25, -0.2) is 0 Å². The summed E-state index contributed by atoms with van der Waals surface area (Å²) in [6, 6.07) is 0. The van der Waals surface area contributed by atoms with Crippen LogP contribution in [0.1, 0.15) is 0 Å². The molecule has 0 aliphatic carbocycles. The molecule has 0 aromatic rings. The van der Waals surface area contributed by atoms with Crippen LogP contribution >= 0.6 is 0 Å². The van der Waals surface area contributed by atoms with Gasteiger partial charge in [0.1, 0.15) is 24.4 Å². The molecule has 0 aromatic carbocycles. The van der Waals surface area contributed by atoms with E-state index in [0.717, 1.165) is 0 Å². The molecular weight excluding hydrogens is 264 g/mol. The first-order chi connectivity index (χ1) is 5.57. The molecule has 1 heterocycles. The van der Waals surface area contributed by atoms with E-state index in [9.17, 15) is 0 Å². The van der Waals surface area contributed by atoms with Crippen molar-refractivity contribution in [2.75, 3.05) is 6.61 Å². The van der Waals surface area contributed by atoms with Crippen LogP contribution in [0, 0.1) is 0 Å². The lowest BCUT2D eigenvalue weighted by Crippen LogP contribution is -2.58. The number of aliphatic hydroxyl groups excluding tert-OH is 5. The Morgan fingerprint density at radius 1 is 0.667 bits per heavy atom. The number of ether oxygens (including phenoxy) is 1. The predicted molar refractivity (Wildman–Crippen MR) is 57.7 cm³/mol. The van der Waals surface area contributed by atoms with Crippen LogP contribution in [0.2, 0.25) is 0 Å². The monoisotopic (exact) mass is 288 g/mol. The molecule has 18 heavy (non-hydrogen) atoms. The third-order valence-corrected chi connectivity index (χ3v) is 1.87. The molecule has 0 aromatic heterocycles. The van der Waals surface area contributed by atoms with Gasteiger partial charge in [-0.1, -0.05) is 0 Å². The Bertz CT molecular complexity index is 151. The zero-order valence-corrected chi connectivity index (χ0v) is 9.24. The van der Waals surface area contributed by atoms with Gasteiger partial charge in [-0.3, -0.25) is 0 Å². The molecule has 0 unspecified atom stereocenters. The Morgan fingerprint density at radius 2 is 1.06 bits per heavy atom. The van der Waals surface area contributed by atoms with Crippen molar-refractivity contribution < 1.29 is 63.1 Å². The molecule has 1 aliphatic heterocycles. The molecule has 1 saturated heterocycles. The van der Waals surface area contributed by atoms with Crippen molar-refractivity contribution in [3.63, 3.8) is 0 Å². The molecule has 0 radical (unpaired) electrons. The fraction of sp³-hybridized carbons (Fsp3) is 1.00. The minimum atomic E-state index is -1.57. The maximum absolute atomic E-state index is 9.12. The molecule has 1 aliphatic rings. The van der Waals surface area contributed by atoms with Crippen molar-refractivity contribution in [2.45, 2.75) is 30.7 Å². The van der Waals surface area contributed by atoms with Crippen molar-refractivity contribution in [3.05, 3.63) is 0 Å². The summed E-state index contributed by atoms with van der Waals surface area (Å²) in [5.41, 5.74) is 0. The summed E-state index contributed by atoms with van der Waals surface area (Å²) in [5, 5.41) is 44.7. The number of aliphatic hydroxyl groups is 5. The van der Waals surface area contributed by atoms with E-state index in [4.69, 9.17) is 25.5 Å². The number of rotatable bonds is 1. The van der Waals surface area contributed by atoms with Gasteiger partial charge in [-0.15, -0.1) is 0 Å². The lowest BCUT2D eigenvalue weighted by atomic mass is 10.00. The van der Waals surface area contributed by atoms with E-state index in [1.807, 2.05) is 0 Å². The van der Waals surface area contributed by atoms with Gasteiger partial charge in [0.05, 0.1) is 6.61 Å². The van der Waals surface area contributed by atoms with E-state index >= 15 is 0 Å². The molecule has 0 spiro atoms. The zero-order valence-electron chi connectivity index (χ0n) is 9.24. The minimum absolute atomic E-state index is 0. The molecule has 12 nitrogen and oxygen atoms in total. The fourth-order valence-corrected chi connectivity index (χ4v) is 1.08. The second-order valence-electron chi connectivity index (χ2n) is 2.72. The van der Waals surface area contributed by atoms with E-state index in [1.165, 1.54) is 0 Å². The molecule has 0 amide bonds. The Kier molecular flexibility index (Phi) is 29.2. The fourth-order valence-electron chi connectivity index (χ4n) is 1.08. The number of hydrogen-bond acceptors (Lipinski definition) is 6. The predicted octanol–water partition coefficient (Wildman–Crippen LogP) is -8.17. The summed E-state index contributed by atoms with van der Waals surface area (Å²) in [7, 11) is 0. The van der Waals surface area contributed by atoms with Crippen LogP contribution in [-0.2, 0) is 4.74 Å². The van der Waals surface area contributed by atoms with Gasteiger partial charge in [-0.05, 0) is 0 Å².